The van der Waals surface area contributed by atoms with Crippen molar-refractivity contribution in [1.82, 2.24) is 14.6 Å². The number of nitrogens with one attached hydrogen (secondary N) is 1. The van der Waals surface area contributed by atoms with Crippen LogP contribution < -0.4 is 11.1 Å². The van der Waals surface area contributed by atoms with E-state index in [0.29, 0.717) is 25.7 Å². The van der Waals surface area contributed by atoms with Gasteiger partial charge in [0.1, 0.15) is 0 Å². The van der Waals surface area contributed by atoms with E-state index in [1.54, 1.807) is 12.1 Å². The van der Waals surface area contributed by atoms with E-state index < -0.39 is 27.7 Å². The average molecular weight is 411 g/mol. The van der Waals surface area contributed by atoms with Crippen LogP contribution in [0.5, 0.6) is 0 Å². The number of aliphatic hydroxyl groups excluding tert-OH is 1. The fourth-order valence-electron chi connectivity index (χ4n) is 4.09. The highest BCUT2D eigenvalue weighted by Crippen LogP contribution is 2.28. The molecule has 3 atom stereocenters. The molecule has 1 saturated carbocycles. The molecule has 28 heavy (non-hydrogen) atoms. The van der Waals surface area contributed by atoms with Gasteiger partial charge in [-0.3, -0.25) is 4.79 Å². The molecule has 4 N–H and O–H groups in total. The summed E-state index contributed by atoms with van der Waals surface area (Å²) in [5, 5.41) is 13.6. The van der Waals surface area contributed by atoms with Crippen molar-refractivity contribution in [2.45, 2.75) is 80.6 Å². The Morgan fingerprint density at radius 2 is 2.00 bits per heavy atom. The Kier molecular flexibility index (Phi) is 6.38. The predicted molar refractivity (Wildman–Crippen MR) is 105 cm³/mol. The number of pyridine rings is 1. The summed E-state index contributed by atoms with van der Waals surface area (Å²) in [5.41, 5.74) is 5.40. The third kappa shape index (κ3) is 4.37. The van der Waals surface area contributed by atoms with E-state index in [9.17, 15) is 18.3 Å². The number of nitrogens with two attached hydrogens (primary N) is 1. The summed E-state index contributed by atoms with van der Waals surface area (Å²) >= 11 is 0. The maximum atomic E-state index is 13.0. The molecule has 1 aromatic rings. The molecule has 3 rings (SSSR count). The van der Waals surface area contributed by atoms with Crippen LogP contribution in [0.2, 0.25) is 0 Å². The fourth-order valence-corrected chi connectivity index (χ4v) is 5.71. The van der Waals surface area contributed by atoms with Gasteiger partial charge in [0.25, 0.3) is 10.0 Å². The second-order valence-electron chi connectivity index (χ2n) is 8.03. The van der Waals surface area contributed by atoms with Gasteiger partial charge in [-0.2, -0.15) is 4.31 Å². The zero-order valence-corrected chi connectivity index (χ0v) is 17.1. The Bertz CT molecular complexity index is 780. The van der Waals surface area contributed by atoms with E-state index in [1.807, 2.05) is 6.92 Å². The van der Waals surface area contributed by atoms with Crippen LogP contribution >= 0.6 is 0 Å². The summed E-state index contributed by atoms with van der Waals surface area (Å²) < 4.78 is 27.2. The highest BCUT2D eigenvalue weighted by atomic mass is 32.2. The Hall–Kier alpha value is -1.55. The number of rotatable bonds is 4. The van der Waals surface area contributed by atoms with Crippen molar-refractivity contribution in [3.63, 3.8) is 0 Å². The molecular formula is C19H30N4O4S. The maximum Gasteiger partial charge on any atom is 0.260 e. The number of β-amino-alcohol motifs (C(OH)–C–C–N with tert-alkyl or cyclic N) is 1. The molecule has 0 unspecified atom stereocenters. The smallest absolute Gasteiger partial charge is 0.260 e. The topological polar surface area (TPSA) is 126 Å². The zero-order chi connectivity index (χ0) is 20.4. The van der Waals surface area contributed by atoms with E-state index in [2.05, 4.69) is 10.3 Å². The number of aliphatic hydroxyl groups is 1. The molecule has 1 saturated heterocycles. The molecule has 0 bridgehead atoms. The second-order valence-corrected chi connectivity index (χ2v) is 9.87. The Labute approximate surface area is 166 Å². The zero-order valence-electron chi connectivity index (χ0n) is 16.3. The molecule has 1 aromatic heterocycles. The number of hydrogen-bond donors (Lipinski definition) is 3. The summed E-state index contributed by atoms with van der Waals surface area (Å²) in [6.45, 7) is 1.71. The van der Waals surface area contributed by atoms with Gasteiger partial charge in [-0.15, -0.1) is 0 Å². The van der Waals surface area contributed by atoms with Gasteiger partial charge < -0.3 is 16.2 Å². The molecule has 8 nitrogen and oxygen atoms in total. The third-order valence-electron chi connectivity index (χ3n) is 5.94. The number of hydrogen-bond acceptors (Lipinski definition) is 6. The summed E-state index contributed by atoms with van der Waals surface area (Å²) in [5.74, 6) is -0.245. The molecule has 156 valence electrons. The molecule has 1 amide bonds. The van der Waals surface area contributed by atoms with Gasteiger partial charge in [0.15, 0.2) is 5.03 Å². The third-order valence-corrected chi connectivity index (χ3v) is 7.84. The first-order chi connectivity index (χ1) is 13.2. The molecule has 0 spiro atoms. The largest absolute Gasteiger partial charge is 0.390 e. The number of amides is 1. The van der Waals surface area contributed by atoms with Crippen LogP contribution in [0, 0.1) is 0 Å². The van der Waals surface area contributed by atoms with Crippen molar-refractivity contribution in [3.8, 4) is 0 Å². The van der Waals surface area contributed by atoms with Crippen molar-refractivity contribution in [2.75, 3.05) is 6.54 Å². The summed E-state index contributed by atoms with van der Waals surface area (Å²) in [6.07, 6.45) is 5.62. The van der Waals surface area contributed by atoms with Crippen LogP contribution in [-0.4, -0.2) is 59.0 Å². The van der Waals surface area contributed by atoms with Crippen LogP contribution in [0.15, 0.2) is 29.4 Å². The van der Waals surface area contributed by atoms with E-state index in [0.717, 1.165) is 19.3 Å². The van der Waals surface area contributed by atoms with Gasteiger partial charge in [0, 0.05) is 18.8 Å². The quantitative estimate of drug-likeness (QED) is 0.673. The number of sulfonamides is 1. The number of aromatic nitrogens is 1. The minimum Gasteiger partial charge on any atom is -0.390 e. The van der Waals surface area contributed by atoms with E-state index >= 15 is 0 Å². The molecule has 2 fully saturated rings. The predicted octanol–water partition coefficient (Wildman–Crippen LogP) is 0.762. The maximum absolute atomic E-state index is 13.0. The Morgan fingerprint density at radius 1 is 1.29 bits per heavy atom. The van der Waals surface area contributed by atoms with Gasteiger partial charge in [-0.25, -0.2) is 13.4 Å². The second kappa shape index (κ2) is 8.44. The lowest BCUT2D eigenvalue weighted by Crippen LogP contribution is -2.59. The van der Waals surface area contributed by atoms with Crippen LogP contribution in [0.3, 0.4) is 0 Å². The minimum absolute atomic E-state index is 0.0420. The van der Waals surface area contributed by atoms with Gasteiger partial charge in [0.2, 0.25) is 5.91 Å². The Balaban J connectivity index is 1.73. The van der Waals surface area contributed by atoms with Crippen molar-refractivity contribution >= 4 is 15.9 Å². The lowest BCUT2D eigenvalue weighted by Gasteiger charge is -2.34. The molecule has 0 aromatic carbocycles. The average Bonchev–Trinajstić information content (AvgIpc) is 2.83. The molecule has 1 aliphatic heterocycles. The molecule has 0 radical (unpaired) electrons. The van der Waals surface area contributed by atoms with E-state index in [-0.39, 0.29) is 23.5 Å². The summed E-state index contributed by atoms with van der Waals surface area (Å²) in [6, 6.07) is 3.87. The van der Waals surface area contributed by atoms with Crippen LogP contribution in [-0.2, 0) is 14.8 Å². The molecule has 2 aliphatic rings. The Morgan fingerprint density at radius 3 is 2.64 bits per heavy atom. The molecule has 2 heterocycles. The van der Waals surface area contributed by atoms with E-state index in [4.69, 9.17) is 5.73 Å². The van der Waals surface area contributed by atoms with E-state index in [1.165, 1.54) is 16.6 Å². The minimum atomic E-state index is -3.83. The first-order valence-corrected chi connectivity index (χ1v) is 11.4. The highest BCUT2D eigenvalue weighted by molar-refractivity contribution is 7.89. The summed E-state index contributed by atoms with van der Waals surface area (Å²) in [4.78, 5) is 16.7. The van der Waals surface area contributed by atoms with Crippen LogP contribution in [0.1, 0.15) is 51.9 Å². The van der Waals surface area contributed by atoms with Crippen molar-refractivity contribution in [3.05, 3.63) is 24.4 Å². The van der Waals surface area contributed by atoms with Crippen molar-refractivity contribution < 1.29 is 18.3 Å². The first kappa shape index (κ1) is 21.2. The van der Waals surface area contributed by atoms with Gasteiger partial charge in [-0.1, -0.05) is 25.3 Å². The molecule has 1 aliphatic carbocycles. The number of carbonyl (C=O) groups excluding carboxylic acids is 1. The van der Waals surface area contributed by atoms with Crippen LogP contribution in [0.4, 0.5) is 0 Å². The van der Waals surface area contributed by atoms with Crippen LogP contribution in [0.25, 0.3) is 0 Å². The van der Waals surface area contributed by atoms with Gasteiger partial charge >= 0.3 is 0 Å². The molecular weight excluding hydrogens is 380 g/mol. The summed E-state index contributed by atoms with van der Waals surface area (Å²) in [7, 11) is -3.83. The highest BCUT2D eigenvalue weighted by Gasteiger charge is 2.40. The number of carbonyl (C=O) groups is 1. The van der Waals surface area contributed by atoms with Crippen molar-refractivity contribution in [2.24, 2.45) is 5.73 Å². The normalized spacial score (nSPS) is 29.0. The van der Waals surface area contributed by atoms with Gasteiger partial charge in [0.05, 0.1) is 17.7 Å². The standard InChI is InChI=1S/C19H30N4O4S/c1-14-8-9-15(22-18(25)19(20)10-4-2-5-11-19)16(24)13-23(14)28(26,27)17-7-3-6-12-21-17/h3,6-7,12,14-16,24H,2,4-5,8-11,13,20H2,1H3,(H,22,25)/t14-,15+,16+/m1/s1. The lowest BCUT2D eigenvalue weighted by atomic mass is 9.81. The van der Waals surface area contributed by atoms with Gasteiger partial charge in [-0.05, 0) is 44.7 Å². The number of nitrogens with zero attached hydrogens (tertiary/aromatic N) is 2. The molecule has 9 heteroatoms. The monoisotopic (exact) mass is 410 g/mol. The van der Waals surface area contributed by atoms with Crippen molar-refractivity contribution in [1.29, 1.82) is 0 Å². The SMILES string of the molecule is C[C@@H]1CC[C@H](NC(=O)C2(N)CCCCC2)[C@@H](O)CN1S(=O)(=O)c1ccccn1. The fraction of sp³-hybridized carbons (Fsp3) is 0.684. The lowest BCUT2D eigenvalue weighted by molar-refractivity contribution is -0.129. The first-order valence-electron chi connectivity index (χ1n) is 9.95.